The summed E-state index contributed by atoms with van der Waals surface area (Å²) in [5, 5.41) is 0. The van der Waals surface area contributed by atoms with Gasteiger partial charge < -0.3 is 14.7 Å². The lowest BCUT2D eigenvalue weighted by molar-refractivity contribution is -0.146. The molecule has 2 bridgehead atoms. The Balaban J connectivity index is 1.37. The number of amides is 2. The molecular weight excluding hydrogens is 346 g/mol. The fourth-order valence-corrected chi connectivity index (χ4v) is 5.56. The quantitative estimate of drug-likeness (QED) is 0.760. The molecule has 2 amide bonds. The van der Waals surface area contributed by atoms with Crippen molar-refractivity contribution in [2.75, 3.05) is 33.7 Å². The Bertz CT molecular complexity index is 704. The van der Waals surface area contributed by atoms with Crippen LogP contribution in [-0.2, 0) is 17.6 Å². The van der Waals surface area contributed by atoms with E-state index in [1.165, 1.54) is 23.3 Å². The lowest BCUT2D eigenvalue weighted by Crippen LogP contribution is -2.70. The molecule has 0 N–H and O–H groups in total. The van der Waals surface area contributed by atoms with E-state index in [0.29, 0.717) is 13.1 Å². The van der Waals surface area contributed by atoms with Gasteiger partial charge in [0.15, 0.2) is 0 Å². The van der Waals surface area contributed by atoms with Crippen LogP contribution in [0.4, 0.5) is 0 Å². The van der Waals surface area contributed by atoms with Gasteiger partial charge in [0.05, 0.1) is 17.0 Å². The zero-order valence-corrected chi connectivity index (χ0v) is 16.4. The van der Waals surface area contributed by atoms with Gasteiger partial charge in [-0.3, -0.25) is 9.59 Å². The van der Waals surface area contributed by atoms with Gasteiger partial charge in [0, 0.05) is 30.6 Å². The van der Waals surface area contributed by atoms with Crippen LogP contribution in [0.5, 0.6) is 0 Å². The highest BCUT2D eigenvalue weighted by molar-refractivity contribution is 7.14. The zero-order valence-electron chi connectivity index (χ0n) is 15.6. The number of carbonyl (C=O) groups excluding carboxylic acids is 2. The summed E-state index contributed by atoms with van der Waals surface area (Å²) in [6, 6.07) is 2.49. The van der Waals surface area contributed by atoms with E-state index in [2.05, 4.69) is 6.07 Å². The summed E-state index contributed by atoms with van der Waals surface area (Å²) >= 11 is 1.69. The predicted octanol–water partition coefficient (Wildman–Crippen LogP) is 2.17. The van der Waals surface area contributed by atoms with E-state index in [9.17, 15) is 9.59 Å². The van der Waals surface area contributed by atoms with Gasteiger partial charge in [-0.15, -0.1) is 11.3 Å². The summed E-state index contributed by atoms with van der Waals surface area (Å²) in [6.45, 7) is 2.11. The number of aryl methyl sites for hydroxylation is 2. The minimum absolute atomic E-state index is 0.0896. The molecule has 0 radical (unpaired) electrons. The first-order valence-electron chi connectivity index (χ1n) is 9.57. The molecule has 5 rings (SSSR count). The Labute approximate surface area is 159 Å². The highest BCUT2D eigenvalue weighted by Crippen LogP contribution is 2.35. The number of piperidine rings is 1. The molecule has 2 unspecified atom stereocenters. The lowest BCUT2D eigenvalue weighted by Gasteiger charge is -2.55. The molecule has 140 valence electrons. The van der Waals surface area contributed by atoms with Gasteiger partial charge in [-0.1, -0.05) is 6.08 Å². The molecule has 0 spiro atoms. The maximum absolute atomic E-state index is 12.9. The number of fused-ring (bicyclic) bond motifs is 3. The number of hydrogen-bond acceptors (Lipinski definition) is 4. The first-order chi connectivity index (χ1) is 12.5. The van der Waals surface area contributed by atoms with Gasteiger partial charge >= 0.3 is 0 Å². The number of likely N-dealkylation sites (N-methyl/N-ethyl adjacent to an activating group) is 1. The van der Waals surface area contributed by atoms with E-state index in [4.69, 9.17) is 0 Å². The van der Waals surface area contributed by atoms with Crippen LogP contribution in [0.1, 0.15) is 39.4 Å². The second-order valence-electron chi connectivity index (χ2n) is 7.93. The summed E-state index contributed by atoms with van der Waals surface area (Å²) in [5.74, 6) is 0.251. The smallest absolute Gasteiger partial charge is 0.264 e. The number of nitrogens with zero attached hydrogens (tertiary/aromatic N) is 3. The molecule has 1 aromatic heterocycles. The van der Waals surface area contributed by atoms with Crippen molar-refractivity contribution in [1.29, 1.82) is 0 Å². The van der Waals surface area contributed by atoms with Crippen molar-refractivity contribution in [3.05, 3.63) is 33.5 Å². The Morgan fingerprint density at radius 1 is 1.23 bits per heavy atom. The number of piperazine rings is 1. The monoisotopic (exact) mass is 373 g/mol. The zero-order chi connectivity index (χ0) is 18.3. The standard InChI is InChI=1S/C20H27N3O2S/c1-21(2)9-5-8-19(24)23-15-11-16(23)13-22(12-15)20(25)18-10-14-6-3-4-7-17(14)26-18/h5,8,10,15-16H,3-4,6-7,9,11-13H2,1-2H3/b8-5+. The van der Waals surface area contributed by atoms with Crippen molar-refractivity contribution >= 4 is 23.2 Å². The van der Waals surface area contributed by atoms with E-state index in [0.717, 1.165) is 30.7 Å². The molecule has 3 fully saturated rings. The van der Waals surface area contributed by atoms with Crippen molar-refractivity contribution in [2.45, 2.75) is 44.2 Å². The summed E-state index contributed by atoms with van der Waals surface area (Å²) in [6.07, 6.45) is 9.35. The molecule has 4 heterocycles. The Morgan fingerprint density at radius 2 is 1.96 bits per heavy atom. The van der Waals surface area contributed by atoms with E-state index in [-0.39, 0.29) is 23.9 Å². The van der Waals surface area contributed by atoms with Crippen molar-refractivity contribution in [3.8, 4) is 0 Å². The SMILES string of the molecule is CN(C)C/C=C/C(=O)N1C2CC1CN(C(=O)c1cc3c(s1)CCCC3)C2. The molecule has 3 aliphatic heterocycles. The van der Waals surface area contributed by atoms with Crippen molar-refractivity contribution in [2.24, 2.45) is 0 Å². The molecule has 6 heteroatoms. The van der Waals surface area contributed by atoms with Crippen LogP contribution >= 0.6 is 11.3 Å². The first kappa shape index (κ1) is 17.7. The van der Waals surface area contributed by atoms with Gasteiger partial charge in [-0.05, 0) is 57.8 Å². The van der Waals surface area contributed by atoms with E-state index in [1.54, 1.807) is 17.4 Å². The Morgan fingerprint density at radius 3 is 2.65 bits per heavy atom. The Kier molecular flexibility index (Phi) is 4.88. The molecule has 1 aliphatic carbocycles. The van der Waals surface area contributed by atoms with Crippen LogP contribution in [0.15, 0.2) is 18.2 Å². The van der Waals surface area contributed by atoms with Crippen LogP contribution in [0, 0.1) is 0 Å². The largest absolute Gasteiger partial charge is 0.334 e. The number of carbonyl (C=O) groups is 2. The predicted molar refractivity (Wildman–Crippen MR) is 104 cm³/mol. The second-order valence-corrected chi connectivity index (χ2v) is 9.07. The van der Waals surface area contributed by atoms with Crippen molar-refractivity contribution < 1.29 is 9.59 Å². The summed E-state index contributed by atoms with van der Waals surface area (Å²) in [5.41, 5.74) is 1.38. The molecule has 26 heavy (non-hydrogen) atoms. The molecule has 0 saturated carbocycles. The molecular formula is C20H27N3O2S. The van der Waals surface area contributed by atoms with Crippen LogP contribution in [0.25, 0.3) is 0 Å². The van der Waals surface area contributed by atoms with E-state index >= 15 is 0 Å². The second kappa shape index (κ2) is 7.16. The summed E-state index contributed by atoms with van der Waals surface area (Å²) in [4.78, 5) is 33.6. The molecule has 3 saturated heterocycles. The van der Waals surface area contributed by atoms with Gasteiger partial charge in [-0.25, -0.2) is 0 Å². The van der Waals surface area contributed by atoms with Crippen molar-refractivity contribution in [3.63, 3.8) is 0 Å². The third-order valence-electron chi connectivity index (χ3n) is 5.67. The highest BCUT2D eigenvalue weighted by Gasteiger charge is 2.47. The van der Waals surface area contributed by atoms with Crippen LogP contribution in [0.3, 0.4) is 0 Å². The molecule has 5 nitrogen and oxygen atoms in total. The third-order valence-corrected chi connectivity index (χ3v) is 6.90. The van der Waals surface area contributed by atoms with Crippen LogP contribution < -0.4 is 0 Å². The fourth-order valence-electron chi connectivity index (χ4n) is 4.34. The third kappa shape index (κ3) is 3.32. The topological polar surface area (TPSA) is 43.9 Å². The van der Waals surface area contributed by atoms with Crippen LogP contribution in [-0.4, -0.2) is 72.3 Å². The highest BCUT2D eigenvalue weighted by atomic mass is 32.1. The minimum atomic E-state index is 0.0896. The number of thiophene rings is 1. The number of rotatable bonds is 4. The van der Waals surface area contributed by atoms with Gasteiger partial charge in [-0.2, -0.15) is 0 Å². The van der Waals surface area contributed by atoms with E-state index < -0.39 is 0 Å². The van der Waals surface area contributed by atoms with Crippen molar-refractivity contribution in [1.82, 2.24) is 14.7 Å². The van der Waals surface area contributed by atoms with Gasteiger partial charge in [0.25, 0.3) is 5.91 Å². The average Bonchev–Trinajstić information content (AvgIpc) is 3.04. The minimum Gasteiger partial charge on any atom is -0.334 e. The normalized spacial score (nSPS) is 24.7. The summed E-state index contributed by atoms with van der Waals surface area (Å²) in [7, 11) is 3.97. The average molecular weight is 374 g/mol. The molecule has 1 aromatic rings. The molecule has 2 atom stereocenters. The first-order valence-corrected chi connectivity index (χ1v) is 10.4. The molecule has 4 aliphatic rings. The van der Waals surface area contributed by atoms with Gasteiger partial charge in [0.1, 0.15) is 0 Å². The van der Waals surface area contributed by atoms with Crippen LogP contribution in [0.2, 0.25) is 0 Å². The maximum atomic E-state index is 12.9. The van der Waals surface area contributed by atoms with Gasteiger partial charge in [0.2, 0.25) is 5.91 Å². The number of hydrogen-bond donors (Lipinski definition) is 0. The lowest BCUT2D eigenvalue weighted by atomic mass is 9.87. The maximum Gasteiger partial charge on any atom is 0.264 e. The fraction of sp³-hybridized carbons (Fsp3) is 0.600. The summed E-state index contributed by atoms with van der Waals surface area (Å²) < 4.78 is 0. The Hall–Kier alpha value is -1.66. The molecule has 0 aromatic carbocycles. The van der Waals surface area contributed by atoms with E-state index in [1.807, 2.05) is 34.9 Å².